The smallest absolute Gasteiger partial charge is 0.293 e. The minimum absolute atomic E-state index is 0.0138. The maximum absolute atomic E-state index is 13.3. The molecule has 2 aromatic rings. The second-order valence-electron chi connectivity index (χ2n) is 7.94. The van der Waals surface area contributed by atoms with E-state index in [-0.39, 0.29) is 22.6 Å². The SMILES string of the molecule is COc1cccc(C2CCCN2C(=O)c2ccc(N3CCCCC3)c([N+](=O)[O-])c2)c1. The third kappa shape index (κ3) is 3.97. The van der Waals surface area contributed by atoms with E-state index in [2.05, 4.69) is 4.90 Å². The average Bonchev–Trinajstić information content (AvgIpc) is 3.29. The molecule has 2 fully saturated rings. The summed E-state index contributed by atoms with van der Waals surface area (Å²) < 4.78 is 5.32. The van der Waals surface area contributed by atoms with E-state index in [0.717, 1.165) is 56.5 Å². The molecule has 0 spiro atoms. The van der Waals surface area contributed by atoms with Gasteiger partial charge in [-0.1, -0.05) is 12.1 Å². The minimum atomic E-state index is -0.371. The van der Waals surface area contributed by atoms with E-state index in [1.54, 1.807) is 19.2 Å². The highest BCUT2D eigenvalue weighted by Gasteiger charge is 2.32. The third-order valence-electron chi connectivity index (χ3n) is 6.11. The normalized spacial score (nSPS) is 19.0. The van der Waals surface area contributed by atoms with Crippen LogP contribution in [0, 0.1) is 10.1 Å². The standard InChI is InChI=1S/C23H27N3O4/c1-30-19-8-5-7-17(15-19)20-9-6-14-25(20)23(27)18-10-11-21(22(16-18)26(28)29)24-12-3-2-4-13-24/h5,7-8,10-11,15-16,20H,2-4,6,9,12-14H2,1H3. The number of nitro benzene ring substituents is 1. The van der Waals surface area contributed by atoms with Crippen molar-refractivity contribution in [1.82, 2.24) is 4.90 Å². The maximum Gasteiger partial charge on any atom is 0.293 e. The van der Waals surface area contributed by atoms with E-state index >= 15 is 0 Å². The lowest BCUT2D eigenvalue weighted by Gasteiger charge is -2.29. The van der Waals surface area contributed by atoms with Crippen LogP contribution in [-0.2, 0) is 0 Å². The predicted octanol–water partition coefficient (Wildman–Crippen LogP) is 4.57. The van der Waals surface area contributed by atoms with Crippen molar-refractivity contribution in [3.05, 3.63) is 63.7 Å². The summed E-state index contributed by atoms with van der Waals surface area (Å²) in [5, 5.41) is 11.8. The fourth-order valence-corrected chi connectivity index (χ4v) is 4.58. The lowest BCUT2D eigenvalue weighted by Crippen LogP contribution is -2.31. The Hall–Kier alpha value is -3.09. The second-order valence-corrected chi connectivity index (χ2v) is 7.94. The topological polar surface area (TPSA) is 75.9 Å². The Kier molecular flexibility index (Phi) is 5.88. The monoisotopic (exact) mass is 409 g/mol. The van der Waals surface area contributed by atoms with Gasteiger partial charge in [-0.3, -0.25) is 14.9 Å². The molecular formula is C23H27N3O4. The van der Waals surface area contributed by atoms with Gasteiger partial charge >= 0.3 is 0 Å². The Labute approximate surface area is 176 Å². The van der Waals surface area contributed by atoms with E-state index in [0.29, 0.717) is 17.8 Å². The van der Waals surface area contributed by atoms with Crippen molar-refractivity contribution in [2.75, 3.05) is 31.6 Å². The fourth-order valence-electron chi connectivity index (χ4n) is 4.58. The van der Waals surface area contributed by atoms with E-state index < -0.39 is 0 Å². The Morgan fingerprint density at radius 2 is 1.87 bits per heavy atom. The summed E-state index contributed by atoms with van der Waals surface area (Å²) in [7, 11) is 1.62. The van der Waals surface area contributed by atoms with Gasteiger partial charge in [-0.05, 0) is 61.9 Å². The summed E-state index contributed by atoms with van der Waals surface area (Å²) in [5.74, 6) is 0.599. The van der Waals surface area contributed by atoms with Gasteiger partial charge < -0.3 is 14.5 Å². The van der Waals surface area contributed by atoms with Gasteiger partial charge in [-0.15, -0.1) is 0 Å². The molecule has 4 rings (SSSR count). The molecule has 1 amide bonds. The first kappa shape index (κ1) is 20.2. The average molecular weight is 409 g/mol. The Morgan fingerprint density at radius 3 is 2.60 bits per heavy atom. The van der Waals surface area contributed by atoms with Crippen molar-refractivity contribution in [3.8, 4) is 5.75 Å². The van der Waals surface area contributed by atoms with Gasteiger partial charge in [-0.25, -0.2) is 0 Å². The molecule has 2 heterocycles. The minimum Gasteiger partial charge on any atom is -0.497 e. The molecular weight excluding hydrogens is 382 g/mol. The summed E-state index contributed by atoms with van der Waals surface area (Å²) >= 11 is 0. The van der Waals surface area contributed by atoms with E-state index in [9.17, 15) is 14.9 Å². The summed E-state index contributed by atoms with van der Waals surface area (Å²) in [5.41, 5.74) is 2.03. The first-order valence-electron chi connectivity index (χ1n) is 10.6. The fraction of sp³-hybridized carbons (Fsp3) is 0.435. The van der Waals surface area contributed by atoms with Crippen molar-refractivity contribution in [2.45, 2.75) is 38.1 Å². The number of anilines is 1. The van der Waals surface area contributed by atoms with Crippen LogP contribution in [0.25, 0.3) is 0 Å². The Bertz CT molecular complexity index is 940. The van der Waals surface area contributed by atoms with Crippen molar-refractivity contribution in [1.29, 1.82) is 0 Å². The van der Waals surface area contributed by atoms with Gasteiger partial charge in [0, 0.05) is 31.3 Å². The van der Waals surface area contributed by atoms with Crippen LogP contribution in [-0.4, -0.2) is 42.5 Å². The number of ether oxygens (including phenoxy) is 1. The molecule has 0 aromatic heterocycles. The van der Waals surface area contributed by atoms with Crippen molar-refractivity contribution in [2.24, 2.45) is 0 Å². The third-order valence-corrected chi connectivity index (χ3v) is 6.11. The Morgan fingerprint density at radius 1 is 1.07 bits per heavy atom. The first-order valence-corrected chi connectivity index (χ1v) is 10.6. The number of carbonyl (C=O) groups excluding carboxylic acids is 1. The van der Waals surface area contributed by atoms with Crippen molar-refractivity contribution < 1.29 is 14.5 Å². The van der Waals surface area contributed by atoms with Gasteiger partial charge in [0.05, 0.1) is 18.1 Å². The lowest BCUT2D eigenvalue weighted by atomic mass is 10.0. The summed E-state index contributed by atoms with van der Waals surface area (Å²) in [4.78, 5) is 28.6. The summed E-state index contributed by atoms with van der Waals surface area (Å²) in [6.07, 6.45) is 5.00. The van der Waals surface area contributed by atoms with E-state index in [1.807, 2.05) is 29.2 Å². The van der Waals surface area contributed by atoms with Crippen LogP contribution < -0.4 is 9.64 Å². The molecule has 2 aromatic carbocycles. The number of benzene rings is 2. The van der Waals surface area contributed by atoms with Crippen LogP contribution in [0.1, 0.15) is 54.1 Å². The number of hydrogen-bond donors (Lipinski definition) is 0. The van der Waals surface area contributed by atoms with Gasteiger partial charge in [-0.2, -0.15) is 0 Å². The van der Waals surface area contributed by atoms with E-state index in [1.165, 1.54) is 6.07 Å². The van der Waals surface area contributed by atoms with Gasteiger partial charge in [0.15, 0.2) is 0 Å². The molecule has 1 atom stereocenters. The molecule has 2 aliphatic heterocycles. The number of amides is 1. The molecule has 2 aliphatic rings. The van der Waals surface area contributed by atoms with Gasteiger partial charge in [0.2, 0.25) is 0 Å². The lowest BCUT2D eigenvalue weighted by molar-refractivity contribution is -0.384. The van der Waals surface area contributed by atoms with Crippen LogP contribution in [0.5, 0.6) is 5.75 Å². The van der Waals surface area contributed by atoms with Gasteiger partial charge in [0.1, 0.15) is 11.4 Å². The van der Waals surface area contributed by atoms with Crippen LogP contribution in [0.15, 0.2) is 42.5 Å². The molecule has 2 saturated heterocycles. The zero-order valence-corrected chi connectivity index (χ0v) is 17.3. The number of rotatable bonds is 5. The number of hydrogen-bond acceptors (Lipinski definition) is 5. The first-order chi connectivity index (χ1) is 14.6. The van der Waals surface area contributed by atoms with Crippen molar-refractivity contribution >= 4 is 17.3 Å². The number of methoxy groups -OCH3 is 1. The zero-order chi connectivity index (χ0) is 21.1. The highest BCUT2D eigenvalue weighted by Crippen LogP contribution is 2.36. The molecule has 0 saturated carbocycles. The molecule has 7 heteroatoms. The van der Waals surface area contributed by atoms with Gasteiger partial charge in [0.25, 0.3) is 11.6 Å². The molecule has 0 N–H and O–H groups in total. The number of nitrogens with zero attached hydrogens (tertiary/aromatic N) is 3. The summed E-state index contributed by atoms with van der Waals surface area (Å²) in [6.45, 7) is 2.28. The largest absolute Gasteiger partial charge is 0.497 e. The molecule has 0 bridgehead atoms. The summed E-state index contributed by atoms with van der Waals surface area (Å²) in [6, 6.07) is 12.6. The molecule has 158 valence electrons. The highest BCUT2D eigenvalue weighted by atomic mass is 16.6. The zero-order valence-electron chi connectivity index (χ0n) is 17.3. The molecule has 0 radical (unpaired) electrons. The van der Waals surface area contributed by atoms with Crippen LogP contribution >= 0.6 is 0 Å². The van der Waals surface area contributed by atoms with Crippen LogP contribution in [0.4, 0.5) is 11.4 Å². The number of nitro groups is 1. The highest BCUT2D eigenvalue weighted by molar-refractivity contribution is 5.96. The number of piperidine rings is 1. The predicted molar refractivity (Wildman–Crippen MR) is 115 cm³/mol. The quantitative estimate of drug-likeness (QED) is 0.534. The number of likely N-dealkylation sites (tertiary alicyclic amines) is 1. The maximum atomic E-state index is 13.3. The molecule has 1 unspecified atom stereocenters. The van der Waals surface area contributed by atoms with Crippen molar-refractivity contribution in [3.63, 3.8) is 0 Å². The van der Waals surface area contributed by atoms with Crippen LogP contribution in [0.3, 0.4) is 0 Å². The van der Waals surface area contributed by atoms with Crippen LogP contribution in [0.2, 0.25) is 0 Å². The molecule has 7 nitrogen and oxygen atoms in total. The second kappa shape index (κ2) is 8.73. The number of carbonyl (C=O) groups is 1. The Balaban J connectivity index is 1.61. The molecule has 0 aliphatic carbocycles. The van der Waals surface area contributed by atoms with E-state index in [4.69, 9.17) is 4.74 Å². The molecule has 30 heavy (non-hydrogen) atoms.